The first-order chi connectivity index (χ1) is 20.4. The molecule has 0 amide bonds. The van der Waals surface area contributed by atoms with Crippen molar-refractivity contribution in [3.8, 4) is 23.0 Å². The van der Waals surface area contributed by atoms with E-state index in [9.17, 15) is 35.9 Å². The van der Waals surface area contributed by atoms with Gasteiger partial charge in [-0.3, -0.25) is 9.59 Å². The summed E-state index contributed by atoms with van der Waals surface area (Å²) in [5.41, 5.74) is -1.01. The number of ketones is 2. The molecule has 6 rings (SSSR count). The van der Waals surface area contributed by atoms with Crippen LogP contribution in [-0.4, -0.2) is 16.6 Å². The van der Waals surface area contributed by atoms with Crippen molar-refractivity contribution < 1.29 is 45.4 Å². The van der Waals surface area contributed by atoms with Gasteiger partial charge in [0.05, 0.1) is 16.8 Å². The lowest BCUT2D eigenvalue weighted by Gasteiger charge is -2.12. The van der Waals surface area contributed by atoms with Gasteiger partial charge < -0.3 is 9.47 Å². The summed E-state index contributed by atoms with van der Waals surface area (Å²) < 4.78 is 88.8. The van der Waals surface area contributed by atoms with Crippen molar-refractivity contribution in [2.45, 2.75) is 18.3 Å². The van der Waals surface area contributed by atoms with Crippen LogP contribution in [0.25, 0.3) is 10.9 Å². The lowest BCUT2D eigenvalue weighted by molar-refractivity contribution is -0.138. The topological polar surface area (TPSA) is 65.5 Å². The van der Waals surface area contributed by atoms with Crippen LogP contribution in [0.2, 0.25) is 0 Å². The van der Waals surface area contributed by atoms with Crippen LogP contribution in [0.5, 0.6) is 23.0 Å². The number of hydrogen-bond acceptors (Lipinski definition) is 5. The number of nitrogens with zero attached hydrogens (tertiary/aromatic N) is 1. The molecule has 0 bridgehead atoms. The van der Waals surface area contributed by atoms with Crippen molar-refractivity contribution in [2.75, 3.05) is 0 Å². The number of fused-ring (bicyclic) bond motifs is 2. The minimum atomic E-state index is -4.50. The Morgan fingerprint density at radius 2 is 1.14 bits per heavy atom. The van der Waals surface area contributed by atoms with E-state index in [0.717, 1.165) is 36.4 Å². The Labute approximate surface area is 239 Å². The first-order valence-corrected chi connectivity index (χ1v) is 12.7. The maximum Gasteiger partial charge on any atom is 0.416 e. The molecule has 5 nitrogen and oxygen atoms in total. The van der Waals surface area contributed by atoms with E-state index in [1.807, 2.05) is 0 Å². The van der Waals surface area contributed by atoms with Gasteiger partial charge in [0, 0.05) is 16.5 Å². The normalized spacial score (nSPS) is 15.1. The molecule has 1 heterocycles. The number of pyridine rings is 1. The summed E-state index contributed by atoms with van der Waals surface area (Å²) in [5, 5.41) is 0.607. The number of carbonyl (C=O) groups excluding carboxylic acids is 2. The number of rotatable bonds is 5. The molecule has 0 fully saturated rings. The van der Waals surface area contributed by atoms with Crippen LogP contribution in [0.1, 0.15) is 43.5 Å². The summed E-state index contributed by atoms with van der Waals surface area (Å²) in [4.78, 5) is 31.3. The van der Waals surface area contributed by atoms with Crippen molar-refractivity contribution >= 4 is 22.5 Å². The molecule has 0 N–H and O–H groups in total. The quantitative estimate of drug-likeness (QED) is 0.150. The molecule has 1 unspecified atom stereocenters. The SMILES string of the molecule is O=C1c2ccc(Oc3ccc(C(F)(F)F)cc3)cc2C(=O)C1c1ccc2cccc(Oc3ccc(C(F)(F)F)cc3)c2n1. The Morgan fingerprint density at radius 3 is 1.74 bits per heavy atom. The maximum absolute atomic E-state index is 13.4. The van der Waals surface area contributed by atoms with E-state index in [2.05, 4.69) is 4.98 Å². The van der Waals surface area contributed by atoms with E-state index in [0.29, 0.717) is 10.9 Å². The first kappa shape index (κ1) is 28.0. The molecule has 43 heavy (non-hydrogen) atoms. The number of carbonyl (C=O) groups is 2. The minimum Gasteiger partial charge on any atom is -0.457 e. The van der Waals surface area contributed by atoms with E-state index in [1.54, 1.807) is 24.3 Å². The van der Waals surface area contributed by atoms with Gasteiger partial charge in [-0.2, -0.15) is 26.3 Å². The number of ether oxygens (including phenoxy) is 2. The molecule has 4 aromatic carbocycles. The Morgan fingerprint density at radius 1 is 0.581 bits per heavy atom. The van der Waals surface area contributed by atoms with Gasteiger partial charge >= 0.3 is 12.4 Å². The van der Waals surface area contributed by atoms with Crippen molar-refractivity contribution in [3.63, 3.8) is 0 Å². The number of benzene rings is 4. The number of hydrogen-bond donors (Lipinski definition) is 0. The van der Waals surface area contributed by atoms with E-state index in [1.165, 1.54) is 36.4 Å². The number of halogens is 6. The van der Waals surface area contributed by atoms with Crippen molar-refractivity contribution in [1.29, 1.82) is 0 Å². The van der Waals surface area contributed by atoms with Crippen molar-refractivity contribution in [3.05, 3.63) is 125 Å². The molecule has 1 aromatic heterocycles. The maximum atomic E-state index is 13.4. The lowest BCUT2D eigenvalue weighted by Crippen LogP contribution is -2.14. The predicted octanol–water partition coefficient (Wildman–Crippen LogP) is 9.02. The Balaban J connectivity index is 1.27. The predicted molar refractivity (Wildman–Crippen MR) is 143 cm³/mol. The van der Waals surface area contributed by atoms with Gasteiger partial charge in [0.1, 0.15) is 28.7 Å². The lowest BCUT2D eigenvalue weighted by atomic mass is 9.98. The zero-order valence-corrected chi connectivity index (χ0v) is 21.7. The largest absolute Gasteiger partial charge is 0.457 e. The zero-order valence-electron chi connectivity index (χ0n) is 21.7. The molecule has 0 aliphatic heterocycles. The van der Waals surface area contributed by atoms with Crippen LogP contribution in [0.15, 0.2) is 97.1 Å². The number of alkyl halides is 6. The fraction of sp³-hybridized carbons (Fsp3) is 0.0938. The highest BCUT2D eigenvalue weighted by atomic mass is 19.4. The van der Waals surface area contributed by atoms with Gasteiger partial charge in [0.25, 0.3) is 0 Å². The van der Waals surface area contributed by atoms with Crippen molar-refractivity contribution in [2.24, 2.45) is 0 Å². The molecular formula is C32H17F6NO4. The van der Waals surface area contributed by atoms with Crippen LogP contribution < -0.4 is 9.47 Å². The van der Waals surface area contributed by atoms with Gasteiger partial charge in [-0.1, -0.05) is 18.2 Å². The smallest absolute Gasteiger partial charge is 0.416 e. The molecule has 0 saturated carbocycles. The Kier molecular flexibility index (Phi) is 6.67. The monoisotopic (exact) mass is 593 g/mol. The molecule has 1 aliphatic carbocycles. The van der Waals surface area contributed by atoms with Crippen LogP contribution in [0.4, 0.5) is 26.3 Å². The number of aromatic nitrogens is 1. The third kappa shape index (κ3) is 5.41. The molecule has 0 radical (unpaired) electrons. The number of Topliss-reactive ketones (excluding diaryl/α,β-unsaturated/α-hetero) is 2. The summed E-state index contributed by atoms with van der Waals surface area (Å²) in [6.45, 7) is 0. The summed E-state index contributed by atoms with van der Waals surface area (Å²) in [6.07, 6.45) is -9.00. The Hall–Kier alpha value is -5.19. The molecule has 1 aliphatic rings. The van der Waals surface area contributed by atoms with E-state index >= 15 is 0 Å². The second-order valence-electron chi connectivity index (χ2n) is 9.68. The van der Waals surface area contributed by atoms with E-state index < -0.39 is 41.0 Å². The molecule has 11 heteroatoms. The van der Waals surface area contributed by atoms with Crippen molar-refractivity contribution in [1.82, 2.24) is 4.98 Å². The average Bonchev–Trinajstić information content (AvgIpc) is 3.21. The summed E-state index contributed by atoms with van der Waals surface area (Å²) in [7, 11) is 0. The molecule has 0 spiro atoms. The van der Waals surface area contributed by atoms with Gasteiger partial charge in [0.15, 0.2) is 17.3 Å². The van der Waals surface area contributed by atoms with Gasteiger partial charge in [-0.05, 0) is 78.9 Å². The van der Waals surface area contributed by atoms with Crippen LogP contribution >= 0.6 is 0 Å². The standard InChI is InChI=1S/C32H17F6NO4/c33-31(34,35)18-5-9-20(10-6-18)42-22-13-14-23-24(16-22)30(41)27(29(23)40)25-15-4-17-2-1-3-26(28(17)39-25)43-21-11-7-19(8-12-21)32(36,37)38/h1-16,27H. The highest BCUT2D eigenvalue weighted by Gasteiger charge is 2.41. The average molecular weight is 593 g/mol. The first-order valence-electron chi connectivity index (χ1n) is 12.7. The molecule has 5 aromatic rings. The summed E-state index contributed by atoms with van der Waals surface area (Å²) in [5.74, 6) is -1.69. The summed E-state index contributed by atoms with van der Waals surface area (Å²) >= 11 is 0. The zero-order chi connectivity index (χ0) is 30.5. The molecular weight excluding hydrogens is 576 g/mol. The fourth-order valence-electron chi connectivity index (χ4n) is 4.77. The second kappa shape index (κ2) is 10.3. The van der Waals surface area contributed by atoms with E-state index in [-0.39, 0.29) is 39.8 Å². The van der Waals surface area contributed by atoms with Gasteiger partial charge in [-0.25, -0.2) is 4.98 Å². The highest BCUT2D eigenvalue weighted by molar-refractivity contribution is 6.29. The van der Waals surface area contributed by atoms with Gasteiger partial charge in [-0.15, -0.1) is 0 Å². The van der Waals surface area contributed by atoms with Crippen LogP contribution in [-0.2, 0) is 12.4 Å². The second-order valence-corrected chi connectivity index (χ2v) is 9.68. The molecule has 0 saturated heterocycles. The summed E-state index contributed by atoms with van der Waals surface area (Å²) in [6, 6.07) is 20.5. The van der Waals surface area contributed by atoms with Gasteiger partial charge in [0.2, 0.25) is 0 Å². The highest BCUT2D eigenvalue weighted by Crippen LogP contribution is 2.39. The third-order valence-electron chi connectivity index (χ3n) is 6.87. The molecule has 1 atom stereocenters. The van der Waals surface area contributed by atoms with E-state index in [4.69, 9.17) is 9.47 Å². The number of para-hydroxylation sites is 1. The van der Waals surface area contributed by atoms with Crippen LogP contribution in [0.3, 0.4) is 0 Å². The third-order valence-corrected chi connectivity index (χ3v) is 6.87. The fourth-order valence-corrected chi connectivity index (χ4v) is 4.77. The molecule has 216 valence electrons. The minimum absolute atomic E-state index is 0.0793. The van der Waals surface area contributed by atoms with Crippen LogP contribution in [0, 0.1) is 0 Å². The Bertz CT molecular complexity index is 1880.